The topological polar surface area (TPSA) is 62.3 Å². The lowest BCUT2D eigenvalue weighted by Crippen LogP contribution is -2.44. The van der Waals surface area contributed by atoms with Gasteiger partial charge in [-0.05, 0) is 13.8 Å². The zero-order valence-electron chi connectivity index (χ0n) is 11.9. The molecule has 6 heteroatoms. The van der Waals surface area contributed by atoms with Crippen LogP contribution < -0.4 is 15.5 Å². The molecular formula is C13H23N5O. The van der Waals surface area contributed by atoms with Gasteiger partial charge in [-0.3, -0.25) is 0 Å². The summed E-state index contributed by atoms with van der Waals surface area (Å²) < 4.78 is 5.14. The van der Waals surface area contributed by atoms with Crippen LogP contribution in [-0.4, -0.2) is 55.9 Å². The predicted molar refractivity (Wildman–Crippen MR) is 76.8 cm³/mol. The molecule has 0 spiro atoms. The van der Waals surface area contributed by atoms with E-state index in [1.54, 1.807) is 13.4 Å². The number of anilines is 2. The van der Waals surface area contributed by atoms with Crippen molar-refractivity contribution in [3.8, 4) is 0 Å². The van der Waals surface area contributed by atoms with Crippen LogP contribution >= 0.6 is 0 Å². The molecule has 0 unspecified atom stereocenters. The normalized spacial score (nSPS) is 17.3. The highest BCUT2D eigenvalue weighted by molar-refractivity contribution is 5.58. The second-order valence-electron chi connectivity index (χ2n) is 4.91. The molecule has 0 aromatic carbocycles. The quantitative estimate of drug-likeness (QED) is 0.815. The minimum Gasteiger partial charge on any atom is -0.383 e. The molecule has 19 heavy (non-hydrogen) atoms. The number of aromatic nitrogens is 2. The number of ether oxygens (including phenoxy) is 1. The highest BCUT2D eigenvalue weighted by Crippen LogP contribution is 2.22. The van der Waals surface area contributed by atoms with Crippen LogP contribution in [0.3, 0.4) is 0 Å². The van der Waals surface area contributed by atoms with Crippen LogP contribution in [0.5, 0.6) is 0 Å². The Balaban J connectivity index is 2.12. The van der Waals surface area contributed by atoms with Crippen molar-refractivity contribution in [3.05, 3.63) is 11.9 Å². The van der Waals surface area contributed by atoms with E-state index in [1.807, 2.05) is 0 Å². The second kappa shape index (κ2) is 6.68. The molecule has 2 rings (SSSR count). The van der Waals surface area contributed by atoms with Crippen LogP contribution in [0.4, 0.5) is 11.6 Å². The summed E-state index contributed by atoms with van der Waals surface area (Å²) in [7, 11) is 1.71. The monoisotopic (exact) mass is 265 g/mol. The van der Waals surface area contributed by atoms with Gasteiger partial charge in [-0.25, -0.2) is 9.97 Å². The molecule has 2 N–H and O–H groups in total. The van der Waals surface area contributed by atoms with Gasteiger partial charge in [0.15, 0.2) is 0 Å². The molecule has 1 aliphatic heterocycles. The lowest BCUT2D eigenvalue weighted by Gasteiger charge is -2.30. The number of hydrogen-bond acceptors (Lipinski definition) is 6. The van der Waals surface area contributed by atoms with E-state index >= 15 is 0 Å². The van der Waals surface area contributed by atoms with Crippen molar-refractivity contribution in [2.75, 3.05) is 50.1 Å². The molecule has 0 bridgehead atoms. The first-order valence-corrected chi connectivity index (χ1v) is 6.75. The average Bonchev–Trinajstić information content (AvgIpc) is 2.42. The van der Waals surface area contributed by atoms with Crippen LogP contribution in [0.2, 0.25) is 0 Å². The fraction of sp³-hybridized carbons (Fsp3) is 0.692. The first kappa shape index (κ1) is 14.0. The number of piperazine rings is 1. The van der Waals surface area contributed by atoms with Crippen molar-refractivity contribution in [1.82, 2.24) is 15.3 Å². The minimum absolute atomic E-state index is 0.231. The summed E-state index contributed by atoms with van der Waals surface area (Å²) in [6, 6.07) is 0.231. The third kappa shape index (κ3) is 3.54. The molecule has 1 aromatic heterocycles. The predicted octanol–water partition coefficient (Wildman–Crippen LogP) is 0.641. The summed E-state index contributed by atoms with van der Waals surface area (Å²) in [6.07, 6.45) is 1.63. The van der Waals surface area contributed by atoms with Crippen LogP contribution in [-0.2, 0) is 4.74 Å². The summed E-state index contributed by atoms with van der Waals surface area (Å²) in [5.41, 5.74) is 1.10. The van der Waals surface area contributed by atoms with Gasteiger partial charge in [0.1, 0.15) is 18.0 Å². The molecule has 1 atom stereocenters. The van der Waals surface area contributed by atoms with E-state index in [1.165, 1.54) is 0 Å². The number of nitrogens with one attached hydrogen (secondary N) is 2. The standard InChI is InChI=1S/C13H23N5O/c1-10(8-19-3)17-12-11(2)13(16-9-15-12)18-6-4-14-5-7-18/h9-10,14H,4-8H2,1-3H3,(H,15,16,17)/t10-/m1/s1. The van der Waals surface area contributed by atoms with Crippen LogP contribution in [0.25, 0.3) is 0 Å². The Bertz CT molecular complexity index is 406. The number of hydrogen-bond donors (Lipinski definition) is 2. The van der Waals surface area contributed by atoms with Gasteiger partial charge >= 0.3 is 0 Å². The van der Waals surface area contributed by atoms with Crippen molar-refractivity contribution in [2.45, 2.75) is 19.9 Å². The fourth-order valence-corrected chi connectivity index (χ4v) is 2.31. The molecule has 106 valence electrons. The fourth-order valence-electron chi connectivity index (χ4n) is 2.31. The number of methoxy groups -OCH3 is 1. The van der Waals surface area contributed by atoms with Crippen molar-refractivity contribution in [1.29, 1.82) is 0 Å². The summed E-state index contributed by atoms with van der Waals surface area (Å²) in [5, 5.41) is 6.72. The van der Waals surface area contributed by atoms with Crippen LogP contribution in [0.15, 0.2) is 6.33 Å². The van der Waals surface area contributed by atoms with Crippen LogP contribution in [0, 0.1) is 6.92 Å². The van der Waals surface area contributed by atoms with E-state index in [4.69, 9.17) is 4.74 Å². The Hall–Kier alpha value is -1.40. The van der Waals surface area contributed by atoms with Gasteiger partial charge in [-0.1, -0.05) is 0 Å². The van der Waals surface area contributed by atoms with E-state index < -0.39 is 0 Å². The molecule has 0 radical (unpaired) electrons. The highest BCUT2D eigenvalue weighted by Gasteiger charge is 2.17. The van der Waals surface area contributed by atoms with Gasteiger partial charge in [0, 0.05) is 44.9 Å². The highest BCUT2D eigenvalue weighted by atomic mass is 16.5. The van der Waals surface area contributed by atoms with Gasteiger partial charge in [-0.15, -0.1) is 0 Å². The van der Waals surface area contributed by atoms with Crippen LogP contribution in [0.1, 0.15) is 12.5 Å². The molecule has 6 nitrogen and oxygen atoms in total. The lowest BCUT2D eigenvalue weighted by atomic mass is 10.2. The molecule has 0 saturated carbocycles. The van der Waals surface area contributed by atoms with E-state index in [-0.39, 0.29) is 6.04 Å². The van der Waals surface area contributed by atoms with Gasteiger partial charge in [-0.2, -0.15) is 0 Å². The molecule has 1 aliphatic rings. The molecule has 2 heterocycles. The maximum absolute atomic E-state index is 5.14. The Labute approximate surface area is 114 Å². The molecular weight excluding hydrogens is 242 g/mol. The van der Waals surface area contributed by atoms with E-state index in [2.05, 4.69) is 39.3 Å². The van der Waals surface area contributed by atoms with Crippen molar-refractivity contribution in [3.63, 3.8) is 0 Å². The minimum atomic E-state index is 0.231. The number of rotatable bonds is 5. The van der Waals surface area contributed by atoms with E-state index in [0.717, 1.165) is 43.4 Å². The first-order valence-electron chi connectivity index (χ1n) is 6.75. The maximum atomic E-state index is 5.14. The van der Waals surface area contributed by atoms with Gasteiger partial charge in [0.05, 0.1) is 6.61 Å². The molecule has 0 amide bonds. The molecule has 1 aromatic rings. The van der Waals surface area contributed by atoms with Gasteiger partial charge in [0.2, 0.25) is 0 Å². The summed E-state index contributed by atoms with van der Waals surface area (Å²) in [5.74, 6) is 1.93. The summed E-state index contributed by atoms with van der Waals surface area (Å²) >= 11 is 0. The van der Waals surface area contributed by atoms with Crippen molar-refractivity contribution >= 4 is 11.6 Å². The number of nitrogens with zero attached hydrogens (tertiary/aromatic N) is 3. The van der Waals surface area contributed by atoms with Gasteiger partial charge < -0.3 is 20.3 Å². The van der Waals surface area contributed by atoms with E-state index in [0.29, 0.717) is 6.61 Å². The largest absolute Gasteiger partial charge is 0.383 e. The van der Waals surface area contributed by atoms with Crippen molar-refractivity contribution in [2.24, 2.45) is 0 Å². The maximum Gasteiger partial charge on any atom is 0.137 e. The zero-order chi connectivity index (χ0) is 13.7. The Kier molecular flexibility index (Phi) is 4.93. The summed E-state index contributed by atoms with van der Waals surface area (Å²) in [4.78, 5) is 11.1. The lowest BCUT2D eigenvalue weighted by molar-refractivity contribution is 0.190. The third-order valence-corrected chi connectivity index (χ3v) is 3.27. The van der Waals surface area contributed by atoms with E-state index in [9.17, 15) is 0 Å². The Morgan fingerprint density at radius 3 is 2.84 bits per heavy atom. The smallest absolute Gasteiger partial charge is 0.137 e. The molecule has 0 aliphatic carbocycles. The average molecular weight is 265 g/mol. The second-order valence-corrected chi connectivity index (χ2v) is 4.91. The Morgan fingerprint density at radius 1 is 1.42 bits per heavy atom. The zero-order valence-corrected chi connectivity index (χ0v) is 11.9. The SMILES string of the molecule is COC[C@@H](C)Nc1ncnc(N2CCNCC2)c1C. The summed E-state index contributed by atoms with van der Waals surface area (Å²) in [6.45, 7) is 8.80. The third-order valence-electron chi connectivity index (χ3n) is 3.27. The molecule has 1 fully saturated rings. The van der Waals surface area contributed by atoms with Gasteiger partial charge in [0.25, 0.3) is 0 Å². The van der Waals surface area contributed by atoms with Crippen molar-refractivity contribution < 1.29 is 4.74 Å². The Morgan fingerprint density at radius 2 is 2.16 bits per heavy atom. The molecule has 1 saturated heterocycles. The first-order chi connectivity index (χ1) is 9.22.